The van der Waals surface area contributed by atoms with E-state index in [0.29, 0.717) is 6.54 Å². The molecular formula is C12H14N2O2. The molecule has 0 amide bonds. The molecule has 0 bridgehead atoms. The van der Waals surface area contributed by atoms with Gasteiger partial charge in [0.05, 0.1) is 18.8 Å². The maximum absolute atomic E-state index is 11.8. The van der Waals surface area contributed by atoms with E-state index in [4.69, 9.17) is 10.00 Å². The third kappa shape index (κ3) is 2.15. The van der Waals surface area contributed by atoms with Crippen LogP contribution in [0.3, 0.4) is 0 Å². The van der Waals surface area contributed by atoms with Crippen LogP contribution in [-0.4, -0.2) is 16.8 Å². The highest BCUT2D eigenvalue weighted by atomic mass is 16.5. The molecule has 1 aromatic rings. The first-order chi connectivity index (χ1) is 7.70. The van der Waals surface area contributed by atoms with Crippen LogP contribution in [0.25, 0.3) is 0 Å². The molecule has 2 unspecified atom stereocenters. The Hall–Kier alpha value is -1.60. The molecule has 1 saturated heterocycles. The average molecular weight is 218 g/mol. The Bertz CT molecular complexity index is 473. The van der Waals surface area contributed by atoms with Gasteiger partial charge in [0.15, 0.2) is 0 Å². The van der Waals surface area contributed by atoms with Crippen LogP contribution in [0.5, 0.6) is 0 Å². The Morgan fingerprint density at radius 1 is 1.62 bits per heavy atom. The summed E-state index contributed by atoms with van der Waals surface area (Å²) in [5.74, 6) is 0. The average Bonchev–Trinajstić information content (AvgIpc) is 2.67. The summed E-state index contributed by atoms with van der Waals surface area (Å²) >= 11 is 0. The van der Waals surface area contributed by atoms with Crippen molar-refractivity contribution in [3.05, 3.63) is 34.2 Å². The van der Waals surface area contributed by atoms with Gasteiger partial charge in [0.25, 0.3) is 5.56 Å². The molecule has 1 aromatic heterocycles. The highest BCUT2D eigenvalue weighted by Crippen LogP contribution is 2.19. The fourth-order valence-electron chi connectivity index (χ4n) is 2.00. The Labute approximate surface area is 94.1 Å². The largest absolute Gasteiger partial charge is 0.373 e. The molecule has 0 radical (unpaired) electrons. The Morgan fingerprint density at radius 3 is 3.06 bits per heavy atom. The van der Waals surface area contributed by atoms with Gasteiger partial charge in [-0.1, -0.05) is 0 Å². The van der Waals surface area contributed by atoms with Crippen LogP contribution in [0.15, 0.2) is 23.1 Å². The first kappa shape index (κ1) is 10.9. The van der Waals surface area contributed by atoms with Crippen LogP contribution >= 0.6 is 0 Å². The lowest BCUT2D eigenvalue weighted by atomic mass is 10.2. The van der Waals surface area contributed by atoms with Gasteiger partial charge < -0.3 is 9.30 Å². The molecule has 0 aliphatic carbocycles. The van der Waals surface area contributed by atoms with Crippen molar-refractivity contribution in [1.29, 1.82) is 5.26 Å². The van der Waals surface area contributed by atoms with Crippen molar-refractivity contribution >= 4 is 0 Å². The molecule has 0 N–H and O–H groups in total. The van der Waals surface area contributed by atoms with Gasteiger partial charge in [-0.15, -0.1) is 0 Å². The minimum atomic E-state index is -0.229. The minimum Gasteiger partial charge on any atom is -0.373 e. The summed E-state index contributed by atoms with van der Waals surface area (Å²) in [4.78, 5) is 11.8. The molecule has 2 heterocycles. The lowest BCUT2D eigenvalue weighted by molar-refractivity contribution is 0.0452. The van der Waals surface area contributed by atoms with Crippen LogP contribution in [0.1, 0.15) is 25.3 Å². The lowest BCUT2D eigenvalue weighted by Gasteiger charge is -2.12. The third-order valence-corrected chi connectivity index (χ3v) is 2.86. The Balaban J connectivity index is 2.16. The molecule has 0 spiro atoms. The molecule has 2 atom stereocenters. The zero-order valence-electron chi connectivity index (χ0n) is 9.22. The predicted molar refractivity (Wildman–Crippen MR) is 59.0 cm³/mol. The molecule has 4 heteroatoms. The molecule has 16 heavy (non-hydrogen) atoms. The topological polar surface area (TPSA) is 55.0 Å². The Kier molecular flexibility index (Phi) is 3.07. The van der Waals surface area contributed by atoms with Crippen molar-refractivity contribution in [1.82, 2.24) is 4.57 Å². The number of hydrogen-bond donors (Lipinski definition) is 0. The molecule has 4 nitrogen and oxygen atoms in total. The van der Waals surface area contributed by atoms with Crippen molar-refractivity contribution in [2.24, 2.45) is 0 Å². The van der Waals surface area contributed by atoms with Crippen LogP contribution in [-0.2, 0) is 11.3 Å². The van der Waals surface area contributed by atoms with Crippen molar-refractivity contribution in [2.75, 3.05) is 0 Å². The molecule has 2 rings (SSSR count). The van der Waals surface area contributed by atoms with Crippen molar-refractivity contribution in [3.8, 4) is 6.07 Å². The van der Waals surface area contributed by atoms with Crippen molar-refractivity contribution in [2.45, 2.75) is 38.5 Å². The number of nitriles is 1. The monoisotopic (exact) mass is 218 g/mol. The van der Waals surface area contributed by atoms with Crippen LogP contribution in [0.2, 0.25) is 0 Å². The lowest BCUT2D eigenvalue weighted by Crippen LogP contribution is -2.27. The summed E-state index contributed by atoms with van der Waals surface area (Å²) < 4.78 is 7.21. The standard InChI is InChI=1S/C12H14N2O2/c1-9-4-5-11(16-9)8-14-6-2-3-10(7-13)12(14)15/h2-3,6,9,11H,4-5,8H2,1H3. The summed E-state index contributed by atoms with van der Waals surface area (Å²) in [5.41, 5.74) is -0.0401. The molecular weight excluding hydrogens is 204 g/mol. The molecule has 84 valence electrons. The van der Waals surface area contributed by atoms with E-state index in [1.54, 1.807) is 16.8 Å². The maximum Gasteiger partial charge on any atom is 0.268 e. The first-order valence-electron chi connectivity index (χ1n) is 5.45. The fraction of sp³-hybridized carbons (Fsp3) is 0.500. The second-order valence-electron chi connectivity index (χ2n) is 4.14. The van der Waals surface area contributed by atoms with E-state index in [1.165, 1.54) is 6.07 Å². The summed E-state index contributed by atoms with van der Waals surface area (Å²) in [6.45, 7) is 2.58. The van der Waals surface area contributed by atoms with E-state index in [1.807, 2.05) is 13.0 Å². The molecule has 1 aliphatic heterocycles. The molecule has 1 fully saturated rings. The summed E-state index contributed by atoms with van der Waals surface area (Å²) in [6, 6.07) is 5.15. The number of rotatable bonds is 2. The van der Waals surface area contributed by atoms with E-state index in [9.17, 15) is 4.79 Å². The first-order valence-corrected chi connectivity index (χ1v) is 5.45. The zero-order valence-corrected chi connectivity index (χ0v) is 9.22. The smallest absolute Gasteiger partial charge is 0.268 e. The number of pyridine rings is 1. The summed E-state index contributed by atoms with van der Waals surface area (Å²) in [7, 11) is 0. The predicted octanol–water partition coefficient (Wildman–Crippen LogP) is 1.29. The van der Waals surface area contributed by atoms with Crippen molar-refractivity contribution in [3.63, 3.8) is 0 Å². The van der Waals surface area contributed by atoms with Gasteiger partial charge in [-0.25, -0.2) is 0 Å². The molecule has 0 aromatic carbocycles. The summed E-state index contributed by atoms with van der Waals surface area (Å²) in [5, 5.41) is 8.75. The van der Waals surface area contributed by atoms with Gasteiger partial charge in [-0.05, 0) is 31.9 Å². The van der Waals surface area contributed by atoms with Crippen molar-refractivity contribution < 1.29 is 4.74 Å². The van der Waals surface area contributed by atoms with Crippen LogP contribution < -0.4 is 5.56 Å². The number of aromatic nitrogens is 1. The van der Waals surface area contributed by atoms with Gasteiger partial charge in [0, 0.05) is 6.20 Å². The van der Waals surface area contributed by atoms with Gasteiger partial charge in [0.2, 0.25) is 0 Å². The van der Waals surface area contributed by atoms with Gasteiger partial charge in [0.1, 0.15) is 11.6 Å². The highest BCUT2D eigenvalue weighted by molar-refractivity contribution is 5.24. The zero-order chi connectivity index (χ0) is 11.5. The van der Waals surface area contributed by atoms with E-state index >= 15 is 0 Å². The van der Waals surface area contributed by atoms with E-state index in [2.05, 4.69) is 0 Å². The number of nitrogens with zero attached hydrogens (tertiary/aromatic N) is 2. The Morgan fingerprint density at radius 2 is 2.44 bits per heavy atom. The molecule has 1 aliphatic rings. The van der Waals surface area contributed by atoms with Gasteiger partial charge in [-0.2, -0.15) is 5.26 Å². The number of hydrogen-bond acceptors (Lipinski definition) is 3. The van der Waals surface area contributed by atoms with Crippen LogP contribution in [0, 0.1) is 11.3 Å². The number of ether oxygens (including phenoxy) is 1. The quantitative estimate of drug-likeness (QED) is 0.751. The van der Waals surface area contributed by atoms with E-state index < -0.39 is 0 Å². The summed E-state index contributed by atoms with van der Waals surface area (Å²) in [6.07, 6.45) is 4.10. The fourth-order valence-corrected chi connectivity index (χ4v) is 2.00. The van der Waals surface area contributed by atoms with Gasteiger partial charge in [-0.3, -0.25) is 4.79 Å². The highest BCUT2D eigenvalue weighted by Gasteiger charge is 2.22. The second kappa shape index (κ2) is 4.50. The molecule has 0 saturated carbocycles. The van der Waals surface area contributed by atoms with E-state index in [0.717, 1.165) is 12.8 Å². The van der Waals surface area contributed by atoms with Crippen LogP contribution in [0.4, 0.5) is 0 Å². The SMILES string of the molecule is CC1CCC(Cn2cccc(C#N)c2=O)O1. The maximum atomic E-state index is 11.8. The van der Waals surface area contributed by atoms with Gasteiger partial charge >= 0.3 is 0 Å². The normalized spacial score (nSPS) is 24.2. The third-order valence-electron chi connectivity index (χ3n) is 2.86. The minimum absolute atomic E-state index is 0.0987. The second-order valence-corrected chi connectivity index (χ2v) is 4.14. The van der Waals surface area contributed by atoms with E-state index in [-0.39, 0.29) is 23.3 Å².